The van der Waals surface area contributed by atoms with Gasteiger partial charge in [0.05, 0.1) is 12.9 Å². The van der Waals surface area contributed by atoms with Gasteiger partial charge in [-0.25, -0.2) is 0 Å². The molecule has 0 aliphatic carbocycles. The molecule has 3 N–H and O–H groups in total. The Hall–Kier alpha value is -0.840. The summed E-state index contributed by atoms with van der Waals surface area (Å²) in [5.41, 5.74) is 0.481. The van der Waals surface area contributed by atoms with Crippen molar-refractivity contribution in [2.24, 2.45) is 0 Å². The van der Waals surface area contributed by atoms with Gasteiger partial charge in [-0.05, 0) is 13.0 Å². The maximum atomic E-state index is 9.33. The van der Waals surface area contributed by atoms with E-state index in [0.717, 1.165) is 0 Å². The predicted octanol–water partition coefficient (Wildman–Crippen LogP) is -0.0254. The second-order valence-corrected chi connectivity index (χ2v) is 2.69. The van der Waals surface area contributed by atoms with Crippen molar-refractivity contribution < 1.29 is 19.7 Å². The molecule has 0 spiro atoms. The molecule has 1 rings (SSSR count). The standard InChI is InChI=1S/C8H12O4/c1-5-2-6(4-12-5)8(11)7(10)3-9/h2,4,7-11H,3H2,1H3/t7-,8+/m1/s1. The molecule has 0 aliphatic heterocycles. The topological polar surface area (TPSA) is 73.8 Å². The second-order valence-electron chi connectivity index (χ2n) is 2.69. The SMILES string of the molecule is Cc1cc([C@H](O)[C@H](O)CO)co1. The Labute approximate surface area is 70.1 Å². The molecule has 0 fully saturated rings. The van der Waals surface area contributed by atoms with Crippen molar-refractivity contribution in [2.75, 3.05) is 6.61 Å². The van der Waals surface area contributed by atoms with Crippen molar-refractivity contribution in [1.82, 2.24) is 0 Å². The van der Waals surface area contributed by atoms with E-state index in [1.807, 2.05) is 0 Å². The molecule has 0 aromatic carbocycles. The van der Waals surface area contributed by atoms with Crippen LogP contribution in [0.3, 0.4) is 0 Å². The molecule has 4 nitrogen and oxygen atoms in total. The molecule has 12 heavy (non-hydrogen) atoms. The fraction of sp³-hybridized carbons (Fsp3) is 0.500. The molecule has 0 aliphatic rings. The van der Waals surface area contributed by atoms with Crippen LogP contribution in [0.5, 0.6) is 0 Å². The lowest BCUT2D eigenvalue weighted by Crippen LogP contribution is -2.21. The first-order valence-corrected chi connectivity index (χ1v) is 3.67. The van der Waals surface area contributed by atoms with E-state index in [4.69, 9.17) is 14.6 Å². The Morgan fingerprint density at radius 2 is 2.17 bits per heavy atom. The number of rotatable bonds is 3. The third kappa shape index (κ3) is 1.85. The fourth-order valence-corrected chi connectivity index (χ4v) is 0.941. The average Bonchev–Trinajstić information content (AvgIpc) is 2.49. The van der Waals surface area contributed by atoms with Crippen LogP contribution in [0.25, 0.3) is 0 Å². The van der Waals surface area contributed by atoms with Crippen LogP contribution < -0.4 is 0 Å². The van der Waals surface area contributed by atoms with Gasteiger partial charge < -0.3 is 19.7 Å². The van der Waals surface area contributed by atoms with Crippen LogP contribution in [0, 0.1) is 6.92 Å². The van der Waals surface area contributed by atoms with Crippen molar-refractivity contribution in [2.45, 2.75) is 19.1 Å². The van der Waals surface area contributed by atoms with Gasteiger partial charge in [-0.3, -0.25) is 0 Å². The molecule has 0 bridgehead atoms. The number of hydrogen-bond donors (Lipinski definition) is 3. The van der Waals surface area contributed by atoms with Gasteiger partial charge >= 0.3 is 0 Å². The minimum absolute atomic E-state index is 0.467. The zero-order valence-corrected chi connectivity index (χ0v) is 6.77. The molecule has 0 amide bonds. The van der Waals surface area contributed by atoms with Crippen molar-refractivity contribution in [3.8, 4) is 0 Å². The highest BCUT2D eigenvalue weighted by molar-refractivity contribution is 5.15. The van der Waals surface area contributed by atoms with Gasteiger partial charge in [0.25, 0.3) is 0 Å². The third-order valence-electron chi connectivity index (χ3n) is 1.64. The Balaban J connectivity index is 2.70. The van der Waals surface area contributed by atoms with Crippen LogP contribution >= 0.6 is 0 Å². The maximum absolute atomic E-state index is 9.33. The molecule has 4 heteroatoms. The molecule has 0 saturated heterocycles. The summed E-state index contributed by atoms with van der Waals surface area (Å²) in [5.74, 6) is 0.661. The minimum atomic E-state index is -1.15. The molecule has 0 saturated carbocycles. The molecule has 1 heterocycles. The van der Waals surface area contributed by atoms with Crippen LogP contribution in [0.2, 0.25) is 0 Å². The number of aryl methyl sites for hydroxylation is 1. The van der Waals surface area contributed by atoms with Crippen LogP contribution in [-0.2, 0) is 0 Å². The first-order chi connectivity index (χ1) is 5.65. The van der Waals surface area contributed by atoms with Crippen LogP contribution in [0.1, 0.15) is 17.4 Å². The van der Waals surface area contributed by atoms with Gasteiger partial charge in [0, 0.05) is 5.56 Å². The van der Waals surface area contributed by atoms with Gasteiger partial charge in [-0.15, -0.1) is 0 Å². The lowest BCUT2D eigenvalue weighted by Gasteiger charge is -2.12. The highest BCUT2D eigenvalue weighted by atomic mass is 16.4. The molecule has 1 aromatic heterocycles. The number of aliphatic hydroxyl groups excluding tert-OH is 3. The minimum Gasteiger partial charge on any atom is -0.469 e. The Morgan fingerprint density at radius 3 is 2.58 bits per heavy atom. The molecule has 1 aromatic rings. The molecular formula is C8H12O4. The third-order valence-corrected chi connectivity index (χ3v) is 1.64. The normalized spacial score (nSPS) is 16.0. The van der Waals surface area contributed by atoms with E-state index in [2.05, 4.69) is 0 Å². The summed E-state index contributed by atoms with van der Waals surface area (Å²) in [4.78, 5) is 0. The number of furan rings is 1. The van der Waals surface area contributed by atoms with Crippen molar-refractivity contribution >= 4 is 0 Å². The quantitative estimate of drug-likeness (QED) is 0.598. The van der Waals surface area contributed by atoms with E-state index in [1.54, 1.807) is 13.0 Å². The monoisotopic (exact) mass is 172 g/mol. The zero-order valence-electron chi connectivity index (χ0n) is 6.77. The Kier molecular flexibility index (Phi) is 2.86. The summed E-state index contributed by atoms with van der Waals surface area (Å²) < 4.78 is 4.93. The van der Waals surface area contributed by atoms with Gasteiger partial charge in [0.1, 0.15) is 18.0 Å². The van der Waals surface area contributed by atoms with Crippen LogP contribution in [0.15, 0.2) is 16.7 Å². The summed E-state index contributed by atoms with van der Waals surface area (Å²) in [6, 6.07) is 1.61. The molecule has 2 atom stereocenters. The largest absolute Gasteiger partial charge is 0.469 e. The molecule has 0 radical (unpaired) electrons. The lowest BCUT2D eigenvalue weighted by atomic mass is 10.1. The van der Waals surface area contributed by atoms with Crippen molar-refractivity contribution in [3.05, 3.63) is 23.7 Å². The summed E-state index contributed by atoms with van der Waals surface area (Å²) in [6.45, 7) is 1.27. The maximum Gasteiger partial charge on any atom is 0.110 e. The Morgan fingerprint density at radius 1 is 1.50 bits per heavy atom. The van der Waals surface area contributed by atoms with Crippen LogP contribution in [0.4, 0.5) is 0 Å². The highest BCUT2D eigenvalue weighted by Gasteiger charge is 2.18. The van der Waals surface area contributed by atoms with E-state index in [-0.39, 0.29) is 0 Å². The van der Waals surface area contributed by atoms with E-state index < -0.39 is 18.8 Å². The molecule has 68 valence electrons. The van der Waals surface area contributed by atoms with E-state index >= 15 is 0 Å². The number of aliphatic hydroxyl groups is 3. The Bertz CT molecular complexity index is 243. The first-order valence-electron chi connectivity index (χ1n) is 3.67. The van der Waals surface area contributed by atoms with Crippen molar-refractivity contribution in [1.29, 1.82) is 0 Å². The van der Waals surface area contributed by atoms with E-state index in [0.29, 0.717) is 11.3 Å². The van der Waals surface area contributed by atoms with E-state index in [1.165, 1.54) is 6.26 Å². The smallest absolute Gasteiger partial charge is 0.110 e. The lowest BCUT2D eigenvalue weighted by molar-refractivity contribution is -0.0155. The predicted molar refractivity (Wildman–Crippen MR) is 41.5 cm³/mol. The first kappa shape index (κ1) is 9.25. The van der Waals surface area contributed by atoms with Gasteiger partial charge in [0.2, 0.25) is 0 Å². The van der Waals surface area contributed by atoms with Gasteiger partial charge in [-0.2, -0.15) is 0 Å². The van der Waals surface area contributed by atoms with Gasteiger partial charge in [0.15, 0.2) is 0 Å². The molecule has 0 unspecified atom stereocenters. The fourth-order valence-electron chi connectivity index (χ4n) is 0.941. The zero-order chi connectivity index (χ0) is 9.14. The van der Waals surface area contributed by atoms with E-state index in [9.17, 15) is 5.11 Å². The van der Waals surface area contributed by atoms with Gasteiger partial charge in [-0.1, -0.05) is 0 Å². The van der Waals surface area contributed by atoms with Crippen molar-refractivity contribution in [3.63, 3.8) is 0 Å². The second kappa shape index (κ2) is 3.71. The summed E-state index contributed by atoms with van der Waals surface area (Å²) in [6.07, 6.45) is -0.867. The number of hydrogen-bond acceptors (Lipinski definition) is 4. The summed E-state index contributed by atoms with van der Waals surface area (Å²) >= 11 is 0. The summed E-state index contributed by atoms with van der Waals surface area (Å²) in [5, 5.41) is 26.9. The highest BCUT2D eigenvalue weighted by Crippen LogP contribution is 2.18. The van der Waals surface area contributed by atoms with Crippen LogP contribution in [-0.4, -0.2) is 28.0 Å². The molecular weight excluding hydrogens is 160 g/mol. The summed E-state index contributed by atoms with van der Waals surface area (Å²) in [7, 11) is 0. The average molecular weight is 172 g/mol.